The molecular formula is C26H4BCuF21N7. The van der Waals surface area contributed by atoms with Crippen molar-refractivity contribution in [3.63, 3.8) is 0 Å². The molecule has 0 bridgehead atoms. The number of alkyl halides is 9. The standard InChI is InChI=1S/C24HBF21N6.C2H3N.Cu/c26-4-1-16(13(35)10(32)7(4)29)50(47-19(1)22(38,39)40)25(51-17-2(20(48-51)23(41,42)43)5(27)8(30)11(33)14(17)36)52-18-3(21(49-52)24(44,45)46)6(28)9(31)12(34)15(18)37;1-2-3;/h25H;1H3;/q-1;;+1. The summed E-state index contributed by atoms with van der Waals surface area (Å²) in [5.41, 5.74) is -16.4. The van der Waals surface area contributed by atoms with Crippen LogP contribution in [-0.4, -0.2) is 36.2 Å². The number of nitrogens with zero attached hydrogens (tertiary/aromatic N) is 7. The maximum absolute atomic E-state index is 15.3. The minimum Gasteiger partial charge on any atom is -0.393 e. The van der Waals surface area contributed by atoms with E-state index in [9.17, 15) is 79.0 Å². The van der Waals surface area contributed by atoms with Crippen molar-refractivity contribution in [1.29, 1.82) is 5.26 Å². The number of fused-ring (bicyclic) bond motifs is 3. The van der Waals surface area contributed by atoms with Crippen molar-refractivity contribution in [3.05, 3.63) is 86.9 Å². The summed E-state index contributed by atoms with van der Waals surface area (Å²) in [7, 11) is -5.44. The molecule has 0 saturated heterocycles. The van der Waals surface area contributed by atoms with E-state index in [1.165, 1.54) is 6.92 Å². The van der Waals surface area contributed by atoms with Gasteiger partial charge in [-0.2, -0.15) is 44.8 Å². The largest absolute Gasteiger partial charge is 1.00 e. The fourth-order valence-electron chi connectivity index (χ4n) is 5.49. The van der Waals surface area contributed by atoms with Gasteiger partial charge in [-0.15, -0.1) is 0 Å². The summed E-state index contributed by atoms with van der Waals surface area (Å²) in [6.45, 7) is 1.43. The molecule has 304 valence electrons. The first-order valence-corrected chi connectivity index (χ1v) is 13.6. The first-order valence-electron chi connectivity index (χ1n) is 13.6. The molecule has 6 rings (SSSR count). The Morgan fingerprint density at radius 3 is 0.768 bits per heavy atom. The third kappa shape index (κ3) is 6.28. The summed E-state index contributed by atoms with van der Waals surface area (Å²) in [5, 5.41) is 7.20. The van der Waals surface area contributed by atoms with Crippen LogP contribution in [0.15, 0.2) is 0 Å². The quantitative estimate of drug-likeness (QED) is 0.0773. The third-order valence-electron chi connectivity index (χ3n) is 7.48. The van der Waals surface area contributed by atoms with Crippen molar-refractivity contribution in [1.82, 2.24) is 29.1 Å². The zero-order valence-corrected chi connectivity index (χ0v) is 26.5. The molecular weight excluding hydrogens is 884 g/mol. The summed E-state index contributed by atoms with van der Waals surface area (Å²) in [4.78, 5) is 0. The van der Waals surface area contributed by atoms with E-state index >= 15 is 13.2 Å². The number of nitriles is 1. The molecule has 3 aromatic heterocycles. The summed E-state index contributed by atoms with van der Waals surface area (Å²) in [6.07, 6.45) is -18.7. The number of hydrogen-bond donors (Lipinski definition) is 0. The second-order valence-corrected chi connectivity index (χ2v) is 10.6. The second kappa shape index (κ2) is 14.0. The van der Waals surface area contributed by atoms with Gasteiger partial charge in [-0.25, -0.2) is 68.0 Å². The van der Waals surface area contributed by atoms with Crippen molar-refractivity contribution < 1.29 is 109 Å². The molecule has 30 heteroatoms. The zero-order chi connectivity index (χ0) is 41.8. The second-order valence-electron chi connectivity index (χ2n) is 10.6. The number of benzene rings is 3. The van der Waals surface area contributed by atoms with Crippen LogP contribution in [0.3, 0.4) is 0 Å². The maximum Gasteiger partial charge on any atom is 1.00 e. The van der Waals surface area contributed by atoms with Crippen LogP contribution in [0.5, 0.6) is 0 Å². The van der Waals surface area contributed by atoms with Gasteiger partial charge in [-0.1, -0.05) is 0 Å². The molecule has 3 aromatic carbocycles. The summed E-state index contributed by atoms with van der Waals surface area (Å²) < 4.78 is 300. The molecule has 0 amide bonds. The zero-order valence-electron chi connectivity index (χ0n) is 25.6. The van der Waals surface area contributed by atoms with Crippen LogP contribution < -0.4 is 0 Å². The van der Waals surface area contributed by atoms with E-state index in [2.05, 4.69) is 15.3 Å². The number of aromatic nitrogens is 6. The van der Waals surface area contributed by atoms with Gasteiger partial charge in [-0.05, 0) is 0 Å². The predicted molar refractivity (Wildman–Crippen MR) is 138 cm³/mol. The molecule has 0 aliphatic carbocycles. The monoisotopic (exact) mass is 887 g/mol. The summed E-state index contributed by atoms with van der Waals surface area (Å²) in [5.74, 6) is -36.8. The number of hydrogen-bond acceptors (Lipinski definition) is 4. The van der Waals surface area contributed by atoms with Crippen LogP contribution in [0.1, 0.15) is 24.0 Å². The van der Waals surface area contributed by atoms with Crippen LogP contribution >= 0.6 is 0 Å². The molecule has 0 saturated carbocycles. The van der Waals surface area contributed by atoms with Crippen LogP contribution in [0, 0.1) is 81.1 Å². The Labute approximate surface area is 302 Å². The van der Waals surface area contributed by atoms with Gasteiger partial charge in [0.2, 0.25) is 0 Å². The van der Waals surface area contributed by atoms with Gasteiger partial charge in [0.1, 0.15) is 0 Å². The minimum atomic E-state index is -6.23. The fourth-order valence-corrected chi connectivity index (χ4v) is 5.49. The van der Waals surface area contributed by atoms with Gasteiger partial charge in [0.05, 0.1) is 38.8 Å². The Morgan fingerprint density at radius 1 is 0.411 bits per heavy atom. The van der Waals surface area contributed by atoms with E-state index in [1.807, 2.05) is 0 Å². The Morgan fingerprint density at radius 2 is 0.589 bits per heavy atom. The average molecular weight is 888 g/mol. The molecule has 6 aromatic rings. The van der Waals surface area contributed by atoms with Gasteiger partial charge in [0.15, 0.2) is 86.9 Å². The molecule has 7 nitrogen and oxygen atoms in total. The van der Waals surface area contributed by atoms with E-state index < -0.39 is 159 Å². The van der Waals surface area contributed by atoms with Gasteiger partial charge in [-0.3, -0.25) is 0 Å². The van der Waals surface area contributed by atoms with Gasteiger partial charge >= 0.3 is 42.7 Å². The summed E-state index contributed by atoms with van der Waals surface area (Å²) in [6, 6.07) is 1.75. The van der Waals surface area contributed by atoms with Crippen LogP contribution in [0.2, 0.25) is 0 Å². The Bertz CT molecular complexity index is 2360. The SMILES string of the molecule is CC#N.Fc1c(F)c(F)c2c(c(C(F)(F)F)nn2[BH-](n2nc(C(F)(F)F)c3c(F)c(F)c(F)c(F)c32)n2nc(C(F)(F)F)c3c(F)c(F)c(F)c(F)c32)c1F.[Cu+]. The van der Waals surface area contributed by atoms with E-state index in [0.29, 0.717) is 0 Å². The van der Waals surface area contributed by atoms with E-state index in [4.69, 9.17) is 5.26 Å². The topological polar surface area (TPSA) is 77.2 Å². The Balaban J connectivity index is 0.00000169. The molecule has 0 fully saturated rings. The van der Waals surface area contributed by atoms with E-state index in [0.717, 1.165) is 0 Å². The van der Waals surface area contributed by atoms with Gasteiger partial charge in [0, 0.05) is 6.92 Å². The average Bonchev–Trinajstić information content (AvgIpc) is 3.80. The van der Waals surface area contributed by atoms with E-state index in [1.54, 1.807) is 6.07 Å². The number of halogens is 21. The molecule has 56 heavy (non-hydrogen) atoms. The third-order valence-corrected chi connectivity index (χ3v) is 7.48. The maximum atomic E-state index is 15.3. The predicted octanol–water partition coefficient (Wildman–Crippen LogP) is 8.65. The first-order chi connectivity index (χ1) is 25.2. The van der Waals surface area contributed by atoms with Crippen LogP contribution in [0.25, 0.3) is 32.7 Å². The molecule has 0 spiro atoms. The smallest absolute Gasteiger partial charge is 0.393 e. The normalized spacial score (nSPS) is 12.5. The molecule has 0 atom stereocenters. The Kier molecular flexibility index (Phi) is 10.9. The Hall–Kier alpha value is -5.33. The van der Waals surface area contributed by atoms with Crippen molar-refractivity contribution in [2.75, 3.05) is 0 Å². The van der Waals surface area contributed by atoms with Gasteiger partial charge in [0.25, 0.3) is 0 Å². The fraction of sp³-hybridized carbons (Fsp3) is 0.154. The molecule has 3 heterocycles. The summed E-state index contributed by atoms with van der Waals surface area (Å²) >= 11 is 0. The molecule has 0 radical (unpaired) electrons. The van der Waals surface area contributed by atoms with E-state index in [-0.39, 0.29) is 17.1 Å². The van der Waals surface area contributed by atoms with Crippen molar-refractivity contribution in [2.45, 2.75) is 25.5 Å². The molecule has 0 aliphatic heterocycles. The molecule has 0 N–H and O–H groups in total. The van der Waals surface area contributed by atoms with Crippen molar-refractivity contribution >= 4 is 39.8 Å². The van der Waals surface area contributed by atoms with Crippen LogP contribution in [0.4, 0.5) is 92.2 Å². The van der Waals surface area contributed by atoms with Gasteiger partial charge < -0.3 is 13.8 Å². The van der Waals surface area contributed by atoms with Crippen LogP contribution in [-0.2, 0) is 35.6 Å². The molecule has 0 aliphatic rings. The van der Waals surface area contributed by atoms with Crippen molar-refractivity contribution in [2.24, 2.45) is 0 Å². The first kappa shape index (κ1) is 43.4. The minimum absolute atomic E-state index is 0. The number of rotatable bonds is 3. The molecule has 0 unspecified atom stereocenters. The van der Waals surface area contributed by atoms with Crippen molar-refractivity contribution in [3.8, 4) is 6.07 Å².